The van der Waals surface area contributed by atoms with Crippen molar-refractivity contribution >= 4 is 9.84 Å². The van der Waals surface area contributed by atoms with Gasteiger partial charge in [-0.1, -0.05) is 13.8 Å². The van der Waals surface area contributed by atoms with E-state index in [1.54, 1.807) is 7.11 Å². The Labute approximate surface area is 117 Å². The Morgan fingerprint density at radius 2 is 1.72 bits per heavy atom. The number of piperidine rings is 1. The summed E-state index contributed by atoms with van der Waals surface area (Å²) in [7, 11) is -0.981. The van der Waals surface area contributed by atoms with Gasteiger partial charge in [0.15, 0.2) is 9.84 Å². The highest BCUT2D eigenvalue weighted by atomic mass is 35.5. The van der Waals surface area contributed by atoms with Crippen LogP contribution in [-0.2, 0) is 14.6 Å². The lowest BCUT2D eigenvalue weighted by Gasteiger charge is -2.51. The highest BCUT2D eigenvalue weighted by Gasteiger charge is 2.47. The molecule has 18 heavy (non-hydrogen) atoms. The minimum absolute atomic E-state index is 0. The lowest BCUT2D eigenvalue weighted by atomic mass is 9.79. The molecule has 2 fully saturated rings. The molecule has 0 saturated carbocycles. The van der Waals surface area contributed by atoms with E-state index in [1.807, 2.05) is 0 Å². The third-order valence-corrected chi connectivity index (χ3v) is 6.13. The fourth-order valence-corrected chi connectivity index (χ4v) is 5.06. The van der Waals surface area contributed by atoms with Gasteiger partial charge in [-0.25, -0.2) is 8.42 Å². The second-order valence-electron chi connectivity index (χ2n) is 6.32. The van der Waals surface area contributed by atoms with Crippen molar-refractivity contribution in [1.82, 2.24) is 0 Å². The number of sulfone groups is 1. The van der Waals surface area contributed by atoms with Gasteiger partial charge in [0.2, 0.25) is 0 Å². The quantitative estimate of drug-likeness (QED) is 0.511. The van der Waals surface area contributed by atoms with Crippen LogP contribution in [0.25, 0.3) is 0 Å². The first-order valence-corrected chi connectivity index (χ1v) is 8.19. The van der Waals surface area contributed by atoms with Crippen LogP contribution < -0.4 is 12.4 Å². The molecule has 0 amide bonds. The second-order valence-corrected chi connectivity index (χ2v) is 8.63. The average molecular weight is 298 g/mol. The second kappa shape index (κ2) is 5.27. The van der Waals surface area contributed by atoms with E-state index in [2.05, 4.69) is 13.8 Å². The van der Waals surface area contributed by atoms with Crippen molar-refractivity contribution in [2.24, 2.45) is 5.41 Å². The van der Waals surface area contributed by atoms with Gasteiger partial charge in [-0.15, -0.1) is 0 Å². The minimum Gasteiger partial charge on any atom is -1.00 e. The predicted molar refractivity (Wildman–Crippen MR) is 67.6 cm³/mol. The fraction of sp³-hybridized carbons (Fsp3) is 1.00. The summed E-state index contributed by atoms with van der Waals surface area (Å²) in [6.45, 7) is 8.18. The van der Waals surface area contributed by atoms with Crippen LogP contribution >= 0.6 is 0 Å². The van der Waals surface area contributed by atoms with Crippen LogP contribution in [0, 0.1) is 5.41 Å². The Kier molecular flexibility index (Phi) is 4.75. The monoisotopic (exact) mass is 297 g/mol. The van der Waals surface area contributed by atoms with E-state index in [9.17, 15) is 8.42 Å². The normalized spacial score (nSPS) is 32.7. The molecular weight excluding hydrogens is 274 g/mol. The summed E-state index contributed by atoms with van der Waals surface area (Å²) in [5.41, 5.74) is 0.147. The smallest absolute Gasteiger partial charge is 0.161 e. The van der Waals surface area contributed by atoms with Gasteiger partial charge in [-0.05, 0) is 0 Å². The van der Waals surface area contributed by atoms with Crippen molar-refractivity contribution in [3.63, 3.8) is 0 Å². The fourth-order valence-electron chi connectivity index (χ4n) is 3.53. The van der Waals surface area contributed by atoms with Crippen LogP contribution in [0.2, 0.25) is 0 Å². The Hall–Kier alpha value is 0.160. The van der Waals surface area contributed by atoms with Crippen LogP contribution in [0.15, 0.2) is 0 Å². The molecule has 0 aromatic carbocycles. The molecule has 2 aliphatic heterocycles. The van der Waals surface area contributed by atoms with Crippen LogP contribution in [0.4, 0.5) is 0 Å². The van der Waals surface area contributed by atoms with Gasteiger partial charge in [0.05, 0.1) is 43.8 Å². The maximum Gasteiger partial charge on any atom is 0.161 e. The molecule has 1 atom stereocenters. The molecule has 0 radical (unpaired) electrons. The molecule has 0 aromatic rings. The lowest BCUT2D eigenvalue weighted by molar-refractivity contribution is -0.937. The highest BCUT2D eigenvalue weighted by molar-refractivity contribution is 7.91. The summed E-state index contributed by atoms with van der Waals surface area (Å²) in [4.78, 5) is 0. The summed E-state index contributed by atoms with van der Waals surface area (Å²) in [6, 6.07) is 0. The number of quaternary nitrogens is 1. The van der Waals surface area contributed by atoms with E-state index in [1.165, 1.54) is 0 Å². The zero-order valence-electron chi connectivity index (χ0n) is 11.5. The molecule has 1 spiro atoms. The molecule has 2 saturated heterocycles. The van der Waals surface area contributed by atoms with Crippen LogP contribution in [0.1, 0.15) is 20.3 Å². The maximum atomic E-state index is 11.5. The van der Waals surface area contributed by atoms with Crippen LogP contribution in [0.5, 0.6) is 0 Å². The van der Waals surface area contributed by atoms with E-state index >= 15 is 0 Å². The van der Waals surface area contributed by atoms with Crippen LogP contribution in [-0.4, -0.2) is 63.8 Å². The Balaban J connectivity index is 0.00000162. The Morgan fingerprint density at radius 3 is 2.17 bits per heavy atom. The summed E-state index contributed by atoms with van der Waals surface area (Å²) in [6.07, 6.45) is 1.36. The first-order chi connectivity index (χ1) is 7.79. The predicted octanol–water partition coefficient (Wildman–Crippen LogP) is -2.32. The van der Waals surface area contributed by atoms with Gasteiger partial charge in [0.25, 0.3) is 0 Å². The first kappa shape index (κ1) is 16.2. The number of hydrogen-bond donors (Lipinski definition) is 0. The summed E-state index contributed by atoms with van der Waals surface area (Å²) in [5.74, 6) is 0.724. The molecule has 0 aromatic heterocycles. The summed E-state index contributed by atoms with van der Waals surface area (Å²) < 4.78 is 29.6. The molecule has 108 valence electrons. The summed E-state index contributed by atoms with van der Waals surface area (Å²) >= 11 is 0. The van der Waals surface area contributed by atoms with Crippen molar-refractivity contribution < 1.29 is 30.0 Å². The standard InChI is InChI=1S/C12H24NO3S.ClH/c1-12(2)10-13(5-4-11(12)16-3)6-8-17(14,15)9-7-13;/h11H,4-10H2,1-3H3;1H/q+1;/p-1. The Morgan fingerprint density at radius 1 is 1.17 bits per heavy atom. The topological polar surface area (TPSA) is 43.4 Å². The summed E-state index contributed by atoms with van der Waals surface area (Å²) in [5, 5.41) is 0. The third kappa shape index (κ3) is 3.18. The van der Waals surface area contributed by atoms with E-state index in [0.717, 1.165) is 37.1 Å². The molecular formula is C12H24ClNO3S. The minimum atomic E-state index is -2.76. The van der Waals surface area contributed by atoms with Gasteiger partial charge in [-0.3, -0.25) is 0 Å². The number of rotatable bonds is 1. The van der Waals surface area contributed by atoms with E-state index in [-0.39, 0.29) is 17.8 Å². The maximum absolute atomic E-state index is 11.5. The molecule has 2 rings (SSSR count). The van der Waals surface area contributed by atoms with Crippen molar-refractivity contribution in [3.8, 4) is 0 Å². The van der Waals surface area contributed by atoms with Crippen molar-refractivity contribution in [3.05, 3.63) is 0 Å². The number of halogens is 1. The molecule has 0 aliphatic carbocycles. The van der Waals surface area contributed by atoms with Gasteiger partial charge >= 0.3 is 0 Å². The third-order valence-electron chi connectivity index (χ3n) is 4.52. The zero-order chi connectivity index (χ0) is 12.7. The average Bonchev–Trinajstić information content (AvgIpc) is 2.22. The lowest BCUT2D eigenvalue weighted by Crippen LogP contribution is -3.00. The van der Waals surface area contributed by atoms with E-state index < -0.39 is 9.84 Å². The Bertz CT molecular complexity index is 380. The number of hydrogen-bond acceptors (Lipinski definition) is 3. The first-order valence-electron chi connectivity index (χ1n) is 6.37. The number of ether oxygens (including phenoxy) is 1. The van der Waals surface area contributed by atoms with Gasteiger partial charge in [0, 0.05) is 18.9 Å². The molecule has 2 aliphatic rings. The van der Waals surface area contributed by atoms with Crippen molar-refractivity contribution in [2.75, 3.05) is 44.8 Å². The SMILES string of the molecule is COC1CC[N+]2(CCS(=O)(=O)CC2)CC1(C)C.[Cl-]. The van der Waals surface area contributed by atoms with E-state index in [0.29, 0.717) is 17.6 Å². The molecule has 1 unspecified atom stereocenters. The number of nitrogens with zero attached hydrogens (tertiary/aromatic N) is 1. The van der Waals surface area contributed by atoms with Gasteiger partial charge in [0.1, 0.15) is 0 Å². The highest BCUT2D eigenvalue weighted by Crippen LogP contribution is 2.36. The van der Waals surface area contributed by atoms with Crippen molar-refractivity contribution in [1.29, 1.82) is 0 Å². The zero-order valence-corrected chi connectivity index (χ0v) is 13.1. The van der Waals surface area contributed by atoms with E-state index in [4.69, 9.17) is 4.74 Å². The van der Waals surface area contributed by atoms with Crippen LogP contribution in [0.3, 0.4) is 0 Å². The van der Waals surface area contributed by atoms with Crippen molar-refractivity contribution in [2.45, 2.75) is 26.4 Å². The molecule has 6 heteroatoms. The largest absolute Gasteiger partial charge is 1.00 e. The molecule has 4 nitrogen and oxygen atoms in total. The number of methoxy groups -OCH3 is 1. The molecule has 0 bridgehead atoms. The van der Waals surface area contributed by atoms with Gasteiger partial charge in [-0.2, -0.15) is 0 Å². The molecule has 2 heterocycles. The van der Waals surface area contributed by atoms with Gasteiger partial charge < -0.3 is 21.6 Å². The molecule has 0 N–H and O–H groups in total.